The van der Waals surface area contributed by atoms with Crippen molar-refractivity contribution in [3.63, 3.8) is 0 Å². The standard InChI is InChI=1S/C29H36BrN3O5S/c1-27(2)28(3)14-15-29(27,24(30)25(28)34)26(35)31-19-12-13-21(33-16-8-5-9-17-33)23(18-19)39(36,37)32-20-10-6-7-11-22(20)38-4/h6-7,10-13,18,24,32H,5,8-9,14-17H2,1-4H3,(H,31,35). The van der Waals surface area contributed by atoms with E-state index in [1.807, 2.05) is 20.8 Å². The van der Waals surface area contributed by atoms with Gasteiger partial charge in [0.25, 0.3) is 10.0 Å². The molecule has 0 aromatic heterocycles. The van der Waals surface area contributed by atoms with Crippen LogP contribution in [0.5, 0.6) is 5.75 Å². The Morgan fingerprint density at radius 3 is 2.38 bits per heavy atom. The van der Waals surface area contributed by atoms with Gasteiger partial charge in [-0.1, -0.05) is 48.8 Å². The first kappa shape index (κ1) is 28.0. The number of ketones is 1. The van der Waals surface area contributed by atoms with Gasteiger partial charge in [-0.25, -0.2) is 8.42 Å². The third-order valence-corrected chi connectivity index (χ3v) is 12.3. The highest BCUT2D eigenvalue weighted by molar-refractivity contribution is 9.10. The molecule has 2 aromatic rings. The van der Waals surface area contributed by atoms with Gasteiger partial charge >= 0.3 is 0 Å². The molecule has 0 radical (unpaired) electrons. The second-order valence-corrected chi connectivity index (χ2v) is 14.2. The minimum absolute atomic E-state index is 0.0543. The van der Waals surface area contributed by atoms with E-state index in [1.54, 1.807) is 36.4 Å². The molecule has 10 heteroatoms. The number of carbonyl (C=O) groups is 2. The fraction of sp³-hybridized carbons (Fsp3) is 0.517. The highest BCUT2D eigenvalue weighted by atomic mass is 79.9. The first-order valence-electron chi connectivity index (χ1n) is 13.4. The van der Waals surface area contributed by atoms with E-state index in [4.69, 9.17) is 4.74 Å². The lowest BCUT2D eigenvalue weighted by Crippen LogP contribution is -2.48. The van der Waals surface area contributed by atoms with E-state index >= 15 is 0 Å². The second-order valence-electron chi connectivity index (χ2n) is 11.6. The zero-order chi connectivity index (χ0) is 28.2. The number of carbonyl (C=O) groups excluding carboxylic acids is 2. The molecule has 2 saturated carbocycles. The Labute approximate surface area is 239 Å². The van der Waals surface area contributed by atoms with Crippen LogP contribution in [0.25, 0.3) is 0 Å². The Hall–Kier alpha value is -2.59. The van der Waals surface area contributed by atoms with Crippen LogP contribution >= 0.6 is 15.9 Å². The van der Waals surface area contributed by atoms with Crippen LogP contribution < -0.4 is 19.7 Å². The normalized spacial score (nSPS) is 27.9. The maximum Gasteiger partial charge on any atom is 0.264 e. The summed E-state index contributed by atoms with van der Waals surface area (Å²) in [5, 5.41) is 3.00. The number of alkyl halides is 1. The second kappa shape index (κ2) is 9.80. The molecule has 39 heavy (non-hydrogen) atoms. The van der Waals surface area contributed by atoms with Crippen LogP contribution in [-0.4, -0.2) is 45.1 Å². The first-order valence-corrected chi connectivity index (χ1v) is 15.8. The quantitative estimate of drug-likeness (QED) is 0.393. The lowest BCUT2D eigenvalue weighted by Gasteiger charge is -2.39. The number of hydrogen-bond donors (Lipinski definition) is 2. The minimum atomic E-state index is -4.05. The molecule has 2 N–H and O–H groups in total. The number of methoxy groups -OCH3 is 1. The van der Waals surface area contributed by atoms with Gasteiger partial charge in [0.1, 0.15) is 10.6 Å². The number of anilines is 3. The Morgan fingerprint density at radius 2 is 1.74 bits per heavy atom. The lowest BCUT2D eigenvalue weighted by molar-refractivity contribution is -0.130. The number of sulfonamides is 1. The summed E-state index contributed by atoms with van der Waals surface area (Å²) in [7, 11) is -2.57. The number of piperidine rings is 1. The fourth-order valence-corrected chi connectivity index (χ4v) is 9.67. The van der Waals surface area contributed by atoms with Crippen molar-refractivity contribution in [2.75, 3.05) is 35.1 Å². The summed E-state index contributed by atoms with van der Waals surface area (Å²) in [5.41, 5.74) is -0.793. The maximum absolute atomic E-state index is 13.9. The number of nitrogens with one attached hydrogen (secondary N) is 2. The van der Waals surface area contributed by atoms with Crippen LogP contribution in [0.15, 0.2) is 47.4 Å². The molecular formula is C29H36BrN3O5S. The topological polar surface area (TPSA) is 105 Å². The molecular weight excluding hydrogens is 582 g/mol. The molecule has 2 bridgehead atoms. The van der Waals surface area contributed by atoms with Crippen molar-refractivity contribution in [2.45, 2.75) is 62.6 Å². The van der Waals surface area contributed by atoms with E-state index in [0.29, 0.717) is 35.7 Å². The highest BCUT2D eigenvalue weighted by Gasteiger charge is 2.76. The van der Waals surface area contributed by atoms with Gasteiger partial charge < -0.3 is 15.0 Å². The van der Waals surface area contributed by atoms with Gasteiger partial charge in [-0.05, 0) is 67.9 Å². The molecule has 1 amide bonds. The summed E-state index contributed by atoms with van der Waals surface area (Å²) < 4.78 is 35.7. The Bertz CT molecular complexity index is 1420. The van der Waals surface area contributed by atoms with Gasteiger partial charge in [-0.2, -0.15) is 0 Å². The van der Waals surface area contributed by atoms with Crippen molar-refractivity contribution < 1.29 is 22.7 Å². The number of nitrogens with zero attached hydrogens (tertiary/aromatic N) is 1. The third kappa shape index (κ3) is 4.17. The molecule has 3 atom stereocenters. The van der Waals surface area contributed by atoms with Crippen molar-refractivity contribution in [1.29, 1.82) is 0 Å². The number of halogens is 1. The number of amides is 1. The SMILES string of the molecule is COc1ccccc1NS(=O)(=O)c1cc(NC(=O)C23CCC(C)(C(=O)C2Br)C3(C)C)ccc1N1CCCCC1. The number of benzene rings is 2. The summed E-state index contributed by atoms with van der Waals surface area (Å²) in [5.74, 6) is 0.194. The van der Waals surface area contributed by atoms with Gasteiger partial charge in [0, 0.05) is 24.2 Å². The largest absolute Gasteiger partial charge is 0.495 e. The van der Waals surface area contributed by atoms with Gasteiger partial charge in [-0.3, -0.25) is 14.3 Å². The Balaban J connectivity index is 1.53. The third-order valence-electron chi connectivity index (χ3n) is 9.68. The first-order chi connectivity index (χ1) is 18.4. The van der Waals surface area contributed by atoms with E-state index in [0.717, 1.165) is 32.4 Å². The molecule has 0 spiro atoms. The summed E-state index contributed by atoms with van der Waals surface area (Å²) in [4.78, 5) is 28.7. The molecule has 3 unspecified atom stereocenters. The molecule has 2 aromatic carbocycles. The molecule has 3 fully saturated rings. The molecule has 1 aliphatic heterocycles. The summed E-state index contributed by atoms with van der Waals surface area (Å²) in [6, 6.07) is 11.9. The van der Waals surface area contributed by atoms with Crippen molar-refractivity contribution >= 4 is 54.7 Å². The van der Waals surface area contributed by atoms with Gasteiger partial charge in [0.05, 0.1) is 28.7 Å². The molecule has 1 saturated heterocycles. The van der Waals surface area contributed by atoms with Gasteiger partial charge in [-0.15, -0.1) is 0 Å². The Kier molecular flexibility index (Phi) is 7.02. The lowest BCUT2D eigenvalue weighted by atomic mass is 9.64. The van der Waals surface area contributed by atoms with Crippen LogP contribution in [0.3, 0.4) is 0 Å². The van der Waals surface area contributed by atoms with E-state index in [2.05, 4.69) is 30.9 Å². The molecule has 1 heterocycles. The van der Waals surface area contributed by atoms with Gasteiger partial charge in [0.2, 0.25) is 5.91 Å². The van der Waals surface area contributed by atoms with Crippen molar-refractivity contribution in [1.82, 2.24) is 0 Å². The fourth-order valence-electron chi connectivity index (χ4n) is 6.83. The van der Waals surface area contributed by atoms with Crippen LogP contribution in [-0.2, 0) is 19.6 Å². The summed E-state index contributed by atoms with van der Waals surface area (Å²) >= 11 is 3.57. The molecule has 210 valence electrons. The number of rotatable bonds is 7. The number of hydrogen-bond acceptors (Lipinski definition) is 6. The van der Waals surface area contributed by atoms with Crippen molar-refractivity contribution in [2.24, 2.45) is 16.2 Å². The number of fused-ring (bicyclic) bond motifs is 2. The van der Waals surface area contributed by atoms with Crippen LogP contribution in [0, 0.1) is 16.2 Å². The molecule has 2 aliphatic carbocycles. The predicted octanol–water partition coefficient (Wildman–Crippen LogP) is 5.58. The van der Waals surface area contributed by atoms with Crippen molar-refractivity contribution in [3.05, 3.63) is 42.5 Å². The van der Waals surface area contributed by atoms with Crippen molar-refractivity contribution in [3.8, 4) is 5.75 Å². The number of Topliss-reactive ketones (excluding diaryl/α,β-unsaturated/α-hetero) is 1. The minimum Gasteiger partial charge on any atom is -0.495 e. The van der Waals surface area contributed by atoms with Crippen LogP contribution in [0.1, 0.15) is 52.9 Å². The average molecular weight is 619 g/mol. The van der Waals surface area contributed by atoms with Crippen LogP contribution in [0.2, 0.25) is 0 Å². The molecule has 8 nitrogen and oxygen atoms in total. The zero-order valence-corrected chi connectivity index (χ0v) is 25.2. The van der Waals surface area contributed by atoms with E-state index in [9.17, 15) is 18.0 Å². The predicted molar refractivity (Wildman–Crippen MR) is 156 cm³/mol. The Morgan fingerprint density at radius 1 is 1.05 bits per heavy atom. The highest BCUT2D eigenvalue weighted by Crippen LogP contribution is 2.72. The van der Waals surface area contributed by atoms with E-state index in [-0.39, 0.29) is 16.6 Å². The van der Waals surface area contributed by atoms with Gasteiger partial charge in [0.15, 0.2) is 5.78 Å². The monoisotopic (exact) mass is 617 g/mol. The van der Waals surface area contributed by atoms with E-state index in [1.165, 1.54) is 13.2 Å². The number of ether oxygens (including phenoxy) is 1. The average Bonchev–Trinajstić information content (AvgIpc) is 3.20. The number of para-hydroxylation sites is 2. The van der Waals surface area contributed by atoms with Crippen LogP contribution in [0.4, 0.5) is 17.1 Å². The summed E-state index contributed by atoms with van der Waals surface area (Å²) in [6.45, 7) is 7.45. The molecule has 3 aliphatic rings. The summed E-state index contributed by atoms with van der Waals surface area (Å²) in [6.07, 6.45) is 4.29. The molecule has 5 rings (SSSR count). The zero-order valence-electron chi connectivity index (χ0n) is 22.8. The van der Waals surface area contributed by atoms with E-state index < -0.39 is 31.1 Å². The maximum atomic E-state index is 13.9. The smallest absolute Gasteiger partial charge is 0.264 e.